The van der Waals surface area contributed by atoms with Gasteiger partial charge in [0.15, 0.2) is 0 Å². The molecule has 0 fully saturated rings. The first-order valence-electron chi connectivity index (χ1n) is 4.62. The fourth-order valence-electron chi connectivity index (χ4n) is 1.19. The summed E-state index contributed by atoms with van der Waals surface area (Å²) in [5.74, 6) is 1.38. The van der Waals surface area contributed by atoms with E-state index in [1.807, 2.05) is 12.1 Å². The third kappa shape index (κ3) is 3.50. The first kappa shape index (κ1) is 11.4. The fraction of sp³-hybridized carbons (Fsp3) is 0.364. The summed E-state index contributed by atoms with van der Waals surface area (Å²) in [6, 6.07) is 5.51. The molecule has 0 spiro atoms. The molecule has 4 nitrogen and oxygen atoms in total. The van der Waals surface area contributed by atoms with Crippen LogP contribution in [0.4, 0.5) is 0 Å². The third-order valence-electron chi connectivity index (χ3n) is 1.95. The molecule has 0 aliphatic rings. The molecular formula is C11H15NO3. The van der Waals surface area contributed by atoms with Crippen LogP contribution in [-0.2, 0) is 11.3 Å². The second-order valence-corrected chi connectivity index (χ2v) is 3.13. The highest BCUT2D eigenvalue weighted by molar-refractivity contribution is 5.72. The summed E-state index contributed by atoms with van der Waals surface area (Å²) in [5.41, 5.74) is 0.946. The van der Waals surface area contributed by atoms with E-state index in [0.717, 1.165) is 17.1 Å². The fourth-order valence-corrected chi connectivity index (χ4v) is 1.19. The van der Waals surface area contributed by atoms with Gasteiger partial charge in [0.25, 0.3) is 0 Å². The highest BCUT2D eigenvalue weighted by Gasteiger charge is 2.02. The maximum Gasteiger partial charge on any atom is 0.217 e. The zero-order valence-corrected chi connectivity index (χ0v) is 9.16. The van der Waals surface area contributed by atoms with Gasteiger partial charge < -0.3 is 14.8 Å². The minimum atomic E-state index is -0.0585. The molecule has 0 heterocycles. The normalized spacial score (nSPS) is 9.53. The molecule has 0 bridgehead atoms. The van der Waals surface area contributed by atoms with Crippen LogP contribution in [-0.4, -0.2) is 20.1 Å². The average Bonchev–Trinajstić information content (AvgIpc) is 2.25. The summed E-state index contributed by atoms with van der Waals surface area (Å²) in [4.78, 5) is 10.8. The number of carbonyl (C=O) groups excluding carboxylic acids is 1. The van der Waals surface area contributed by atoms with Crippen LogP contribution in [0.2, 0.25) is 0 Å². The Morgan fingerprint density at radius 3 is 2.13 bits per heavy atom. The Labute approximate surface area is 89.2 Å². The Hall–Kier alpha value is -1.71. The van der Waals surface area contributed by atoms with Crippen molar-refractivity contribution in [3.63, 3.8) is 0 Å². The SMILES string of the molecule is COc1cc(CNC(C)=O)cc(OC)c1. The molecular weight excluding hydrogens is 194 g/mol. The topological polar surface area (TPSA) is 47.6 Å². The number of amides is 1. The van der Waals surface area contributed by atoms with Crippen molar-refractivity contribution in [1.82, 2.24) is 5.32 Å². The van der Waals surface area contributed by atoms with Gasteiger partial charge in [0.1, 0.15) is 11.5 Å². The van der Waals surface area contributed by atoms with E-state index >= 15 is 0 Å². The van der Waals surface area contributed by atoms with Crippen LogP contribution in [0.3, 0.4) is 0 Å². The Balaban J connectivity index is 2.81. The molecule has 1 aromatic carbocycles. The highest BCUT2D eigenvalue weighted by atomic mass is 16.5. The zero-order chi connectivity index (χ0) is 11.3. The Morgan fingerprint density at radius 1 is 1.20 bits per heavy atom. The lowest BCUT2D eigenvalue weighted by Gasteiger charge is -2.08. The van der Waals surface area contributed by atoms with E-state index in [0.29, 0.717) is 6.54 Å². The number of rotatable bonds is 4. The van der Waals surface area contributed by atoms with Gasteiger partial charge in [0.2, 0.25) is 5.91 Å². The zero-order valence-electron chi connectivity index (χ0n) is 9.16. The van der Waals surface area contributed by atoms with Crippen molar-refractivity contribution < 1.29 is 14.3 Å². The maximum absolute atomic E-state index is 10.8. The molecule has 0 saturated carbocycles. The van der Waals surface area contributed by atoms with Gasteiger partial charge >= 0.3 is 0 Å². The molecule has 4 heteroatoms. The Kier molecular flexibility index (Phi) is 3.97. The van der Waals surface area contributed by atoms with Crippen LogP contribution in [0.5, 0.6) is 11.5 Å². The average molecular weight is 209 g/mol. The number of benzene rings is 1. The molecule has 1 amide bonds. The van der Waals surface area contributed by atoms with Gasteiger partial charge in [-0.25, -0.2) is 0 Å². The lowest BCUT2D eigenvalue weighted by molar-refractivity contribution is -0.119. The van der Waals surface area contributed by atoms with Crippen LogP contribution in [0.15, 0.2) is 18.2 Å². The van der Waals surface area contributed by atoms with Crippen molar-refractivity contribution in [2.75, 3.05) is 14.2 Å². The summed E-state index contributed by atoms with van der Waals surface area (Å²) < 4.78 is 10.2. The van der Waals surface area contributed by atoms with E-state index in [1.54, 1.807) is 20.3 Å². The predicted octanol–water partition coefficient (Wildman–Crippen LogP) is 1.34. The van der Waals surface area contributed by atoms with Crippen LogP contribution in [0, 0.1) is 0 Å². The number of hydrogen-bond donors (Lipinski definition) is 1. The van der Waals surface area contributed by atoms with Gasteiger partial charge in [-0.1, -0.05) is 0 Å². The van der Waals surface area contributed by atoms with Crippen LogP contribution in [0.1, 0.15) is 12.5 Å². The van der Waals surface area contributed by atoms with Crippen molar-refractivity contribution in [1.29, 1.82) is 0 Å². The largest absolute Gasteiger partial charge is 0.497 e. The monoisotopic (exact) mass is 209 g/mol. The van der Waals surface area contributed by atoms with E-state index in [9.17, 15) is 4.79 Å². The minimum Gasteiger partial charge on any atom is -0.497 e. The van der Waals surface area contributed by atoms with Gasteiger partial charge in [-0.2, -0.15) is 0 Å². The lowest BCUT2D eigenvalue weighted by Crippen LogP contribution is -2.18. The van der Waals surface area contributed by atoms with Gasteiger partial charge in [-0.3, -0.25) is 4.79 Å². The minimum absolute atomic E-state index is 0.0585. The van der Waals surface area contributed by atoms with Gasteiger partial charge in [0.05, 0.1) is 14.2 Å². The molecule has 0 aromatic heterocycles. The lowest BCUT2D eigenvalue weighted by atomic mass is 10.2. The molecule has 15 heavy (non-hydrogen) atoms. The predicted molar refractivity (Wildman–Crippen MR) is 57.1 cm³/mol. The molecule has 0 aliphatic heterocycles. The summed E-state index contributed by atoms with van der Waals surface area (Å²) in [5, 5.41) is 2.71. The first-order chi connectivity index (χ1) is 7.15. The number of hydrogen-bond acceptors (Lipinski definition) is 3. The summed E-state index contributed by atoms with van der Waals surface area (Å²) >= 11 is 0. The second-order valence-electron chi connectivity index (χ2n) is 3.13. The third-order valence-corrected chi connectivity index (χ3v) is 1.95. The molecule has 0 radical (unpaired) electrons. The summed E-state index contributed by atoms with van der Waals surface area (Å²) in [6.45, 7) is 1.96. The number of carbonyl (C=O) groups is 1. The number of methoxy groups -OCH3 is 2. The molecule has 82 valence electrons. The second kappa shape index (κ2) is 5.24. The van der Waals surface area contributed by atoms with E-state index < -0.39 is 0 Å². The van der Waals surface area contributed by atoms with Gasteiger partial charge in [-0.05, 0) is 17.7 Å². The van der Waals surface area contributed by atoms with Crippen molar-refractivity contribution in [2.45, 2.75) is 13.5 Å². The molecule has 0 atom stereocenters. The summed E-state index contributed by atoms with van der Waals surface area (Å²) in [7, 11) is 3.19. The van der Waals surface area contributed by atoms with Crippen molar-refractivity contribution in [2.24, 2.45) is 0 Å². The van der Waals surface area contributed by atoms with E-state index in [4.69, 9.17) is 9.47 Å². The molecule has 1 aromatic rings. The van der Waals surface area contributed by atoms with E-state index in [-0.39, 0.29) is 5.91 Å². The van der Waals surface area contributed by atoms with Crippen molar-refractivity contribution in [3.8, 4) is 11.5 Å². The van der Waals surface area contributed by atoms with Crippen molar-refractivity contribution in [3.05, 3.63) is 23.8 Å². The van der Waals surface area contributed by atoms with E-state index in [2.05, 4.69) is 5.32 Å². The standard InChI is InChI=1S/C11H15NO3/c1-8(13)12-7-9-4-10(14-2)6-11(5-9)15-3/h4-6H,7H2,1-3H3,(H,12,13). The molecule has 0 saturated heterocycles. The summed E-state index contributed by atoms with van der Waals surface area (Å²) in [6.07, 6.45) is 0. The molecule has 0 unspecified atom stereocenters. The van der Waals surface area contributed by atoms with Crippen molar-refractivity contribution >= 4 is 5.91 Å². The maximum atomic E-state index is 10.8. The van der Waals surface area contributed by atoms with Crippen LogP contribution in [0.25, 0.3) is 0 Å². The van der Waals surface area contributed by atoms with E-state index in [1.165, 1.54) is 6.92 Å². The van der Waals surface area contributed by atoms with Gasteiger partial charge in [0, 0.05) is 19.5 Å². The molecule has 1 rings (SSSR count). The molecule has 1 N–H and O–H groups in total. The first-order valence-corrected chi connectivity index (χ1v) is 4.62. The molecule has 0 aliphatic carbocycles. The van der Waals surface area contributed by atoms with Gasteiger partial charge in [-0.15, -0.1) is 0 Å². The number of ether oxygens (including phenoxy) is 2. The Morgan fingerprint density at radius 2 is 1.73 bits per heavy atom. The van der Waals surface area contributed by atoms with Crippen LogP contribution >= 0.6 is 0 Å². The Bertz CT molecular complexity index is 327. The number of nitrogens with one attached hydrogen (secondary N) is 1. The highest BCUT2D eigenvalue weighted by Crippen LogP contribution is 2.22. The quantitative estimate of drug-likeness (QED) is 0.814. The van der Waals surface area contributed by atoms with Crippen LogP contribution < -0.4 is 14.8 Å². The smallest absolute Gasteiger partial charge is 0.217 e.